The molecule has 0 spiro atoms. The van der Waals surface area contributed by atoms with Crippen molar-refractivity contribution in [3.63, 3.8) is 0 Å². The van der Waals surface area contributed by atoms with Gasteiger partial charge in [-0.15, -0.1) is 0 Å². The molecule has 1 amide bonds. The molecule has 1 N–H and O–H groups in total. The van der Waals surface area contributed by atoms with Crippen molar-refractivity contribution in [3.8, 4) is 0 Å². The Morgan fingerprint density at radius 1 is 1.29 bits per heavy atom. The summed E-state index contributed by atoms with van der Waals surface area (Å²) < 4.78 is 5.57. The zero-order valence-electron chi connectivity index (χ0n) is 14.8. The molecule has 2 saturated heterocycles. The van der Waals surface area contributed by atoms with Crippen LogP contribution in [0.15, 0.2) is 24.3 Å². The van der Waals surface area contributed by atoms with E-state index in [9.17, 15) is 4.79 Å². The van der Waals surface area contributed by atoms with Gasteiger partial charge in [0, 0.05) is 45.0 Å². The number of hydrogen-bond donors (Lipinski definition) is 1. The molecule has 1 aromatic rings. The number of carbonyl (C=O) groups excluding carboxylic acids is 1. The predicted molar refractivity (Wildman–Crippen MR) is 96.4 cm³/mol. The van der Waals surface area contributed by atoms with Gasteiger partial charge in [0.15, 0.2) is 0 Å². The van der Waals surface area contributed by atoms with Crippen LogP contribution in [-0.4, -0.2) is 62.3 Å². The highest BCUT2D eigenvalue weighted by Gasteiger charge is 2.26. The van der Waals surface area contributed by atoms with Gasteiger partial charge in [-0.05, 0) is 38.3 Å². The number of piperazine rings is 1. The summed E-state index contributed by atoms with van der Waals surface area (Å²) in [6.07, 6.45) is 2.37. The monoisotopic (exact) mass is 331 g/mol. The number of nitrogens with one attached hydrogen (secondary N) is 1. The Labute approximate surface area is 145 Å². The van der Waals surface area contributed by atoms with Crippen molar-refractivity contribution in [2.75, 3.05) is 44.2 Å². The van der Waals surface area contributed by atoms with Gasteiger partial charge in [0.25, 0.3) is 0 Å². The van der Waals surface area contributed by atoms with E-state index in [1.54, 1.807) is 0 Å². The van der Waals surface area contributed by atoms with Crippen molar-refractivity contribution in [1.29, 1.82) is 0 Å². The quantitative estimate of drug-likeness (QED) is 0.894. The van der Waals surface area contributed by atoms with Crippen LogP contribution in [0.3, 0.4) is 0 Å². The van der Waals surface area contributed by atoms with E-state index in [1.165, 1.54) is 11.3 Å². The van der Waals surface area contributed by atoms with E-state index in [1.807, 2.05) is 6.92 Å². The van der Waals surface area contributed by atoms with Crippen molar-refractivity contribution < 1.29 is 9.53 Å². The lowest BCUT2D eigenvalue weighted by atomic mass is 10.1. The van der Waals surface area contributed by atoms with Gasteiger partial charge < -0.3 is 15.0 Å². The lowest BCUT2D eigenvalue weighted by Crippen LogP contribution is -2.54. The van der Waals surface area contributed by atoms with Gasteiger partial charge in [-0.2, -0.15) is 0 Å². The molecule has 0 unspecified atom stereocenters. The molecule has 5 nitrogen and oxygen atoms in total. The van der Waals surface area contributed by atoms with Gasteiger partial charge in [0.1, 0.15) is 0 Å². The Bertz CT molecular complexity index is 549. The molecule has 0 aromatic heterocycles. The van der Waals surface area contributed by atoms with Crippen LogP contribution in [0, 0.1) is 6.92 Å². The summed E-state index contributed by atoms with van der Waals surface area (Å²) in [4.78, 5) is 17.1. The number of anilines is 1. The Balaban J connectivity index is 1.46. The molecule has 2 fully saturated rings. The summed E-state index contributed by atoms with van der Waals surface area (Å²) in [5, 5.41) is 3.05. The first-order valence-electron chi connectivity index (χ1n) is 9.09. The van der Waals surface area contributed by atoms with Crippen LogP contribution < -0.4 is 10.2 Å². The fourth-order valence-corrected chi connectivity index (χ4v) is 3.60. The molecule has 0 radical (unpaired) electrons. The van der Waals surface area contributed by atoms with E-state index < -0.39 is 0 Å². The van der Waals surface area contributed by atoms with Crippen molar-refractivity contribution in [2.45, 2.75) is 38.8 Å². The van der Waals surface area contributed by atoms with Gasteiger partial charge in [-0.1, -0.05) is 18.2 Å². The minimum absolute atomic E-state index is 0.0783. The molecule has 0 saturated carbocycles. The number of carbonyl (C=O) groups is 1. The third-order valence-corrected chi connectivity index (χ3v) is 5.23. The second-order valence-electron chi connectivity index (χ2n) is 6.87. The average Bonchev–Trinajstić information content (AvgIpc) is 3.13. The zero-order valence-corrected chi connectivity index (χ0v) is 14.8. The number of rotatable bonds is 5. The summed E-state index contributed by atoms with van der Waals surface area (Å²) in [5.74, 6) is 0.120. The minimum Gasteiger partial charge on any atom is -0.376 e. The number of hydrogen-bond acceptors (Lipinski definition) is 4. The first-order valence-corrected chi connectivity index (χ1v) is 9.09. The molecule has 2 atom stereocenters. The molecule has 2 heterocycles. The molecule has 1 aromatic carbocycles. The lowest BCUT2D eigenvalue weighted by molar-refractivity contribution is -0.126. The predicted octanol–water partition coefficient (Wildman–Crippen LogP) is 1.80. The molecule has 0 aliphatic carbocycles. The Morgan fingerprint density at radius 2 is 2.04 bits per heavy atom. The molecule has 0 bridgehead atoms. The largest absolute Gasteiger partial charge is 0.376 e. The van der Waals surface area contributed by atoms with Crippen LogP contribution in [-0.2, 0) is 9.53 Å². The number of para-hydroxylation sites is 1. The molecule has 3 rings (SSSR count). The van der Waals surface area contributed by atoms with Crippen LogP contribution in [0.1, 0.15) is 25.3 Å². The number of nitrogens with zero attached hydrogens (tertiary/aromatic N) is 2. The number of benzene rings is 1. The van der Waals surface area contributed by atoms with Crippen molar-refractivity contribution >= 4 is 11.6 Å². The zero-order chi connectivity index (χ0) is 16.9. The molecule has 2 aliphatic heterocycles. The van der Waals surface area contributed by atoms with Gasteiger partial charge in [-0.3, -0.25) is 9.69 Å². The van der Waals surface area contributed by atoms with Crippen LogP contribution in [0.5, 0.6) is 0 Å². The van der Waals surface area contributed by atoms with Gasteiger partial charge in [0.2, 0.25) is 5.91 Å². The molecule has 132 valence electrons. The van der Waals surface area contributed by atoms with Gasteiger partial charge >= 0.3 is 0 Å². The van der Waals surface area contributed by atoms with E-state index >= 15 is 0 Å². The molecule has 5 heteroatoms. The third-order valence-electron chi connectivity index (χ3n) is 5.23. The van der Waals surface area contributed by atoms with Crippen LogP contribution in [0.2, 0.25) is 0 Å². The van der Waals surface area contributed by atoms with Crippen molar-refractivity contribution in [3.05, 3.63) is 29.8 Å². The second kappa shape index (κ2) is 7.99. The summed E-state index contributed by atoms with van der Waals surface area (Å²) in [5.41, 5.74) is 2.63. The summed E-state index contributed by atoms with van der Waals surface area (Å²) in [7, 11) is 0. The average molecular weight is 331 g/mol. The highest BCUT2D eigenvalue weighted by molar-refractivity contribution is 5.81. The minimum atomic E-state index is -0.0783. The Hall–Kier alpha value is -1.59. The highest BCUT2D eigenvalue weighted by Crippen LogP contribution is 2.21. The molecular weight excluding hydrogens is 302 g/mol. The number of ether oxygens (including phenoxy) is 1. The topological polar surface area (TPSA) is 44.8 Å². The van der Waals surface area contributed by atoms with E-state index in [0.717, 1.165) is 45.6 Å². The third kappa shape index (κ3) is 4.08. The SMILES string of the molecule is Cc1ccccc1N1CCN([C@@H](C)C(=O)NC[C@@H]2CCCO2)CC1. The summed E-state index contributed by atoms with van der Waals surface area (Å²) in [6, 6.07) is 8.43. The van der Waals surface area contributed by atoms with E-state index in [-0.39, 0.29) is 18.1 Å². The Kier molecular flexibility index (Phi) is 5.74. The summed E-state index contributed by atoms with van der Waals surface area (Å²) in [6.45, 7) is 9.41. The molecular formula is C19H29N3O2. The maximum atomic E-state index is 12.4. The van der Waals surface area contributed by atoms with Crippen LogP contribution in [0.25, 0.3) is 0 Å². The maximum absolute atomic E-state index is 12.4. The number of aryl methyl sites for hydroxylation is 1. The fourth-order valence-electron chi connectivity index (χ4n) is 3.60. The highest BCUT2D eigenvalue weighted by atomic mass is 16.5. The first-order chi connectivity index (χ1) is 11.6. The number of amides is 1. The second-order valence-corrected chi connectivity index (χ2v) is 6.87. The first kappa shape index (κ1) is 17.2. The normalized spacial score (nSPS) is 23.2. The van der Waals surface area contributed by atoms with Crippen molar-refractivity contribution in [1.82, 2.24) is 10.2 Å². The van der Waals surface area contributed by atoms with E-state index in [2.05, 4.69) is 46.3 Å². The van der Waals surface area contributed by atoms with E-state index in [0.29, 0.717) is 6.54 Å². The van der Waals surface area contributed by atoms with Crippen molar-refractivity contribution in [2.24, 2.45) is 0 Å². The molecule has 2 aliphatic rings. The van der Waals surface area contributed by atoms with Gasteiger partial charge in [0.05, 0.1) is 12.1 Å². The Morgan fingerprint density at radius 3 is 2.71 bits per heavy atom. The molecule has 24 heavy (non-hydrogen) atoms. The summed E-state index contributed by atoms with van der Waals surface area (Å²) >= 11 is 0. The fraction of sp³-hybridized carbons (Fsp3) is 0.632. The van der Waals surface area contributed by atoms with E-state index in [4.69, 9.17) is 4.74 Å². The van der Waals surface area contributed by atoms with Gasteiger partial charge in [-0.25, -0.2) is 0 Å². The van der Waals surface area contributed by atoms with Crippen LogP contribution in [0.4, 0.5) is 5.69 Å². The lowest BCUT2D eigenvalue weighted by Gasteiger charge is -2.39. The standard InChI is InChI=1S/C19H29N3O2/c1-15-6-3-4-8-18(15)22-11-9-21(10-12-22)16(2)19(23)20-14-17-7-5-13-24-17/h3-4,6,8,16-17H,5,7,9-14H2,1-2H3,(H,20,23)/t16-,17-/m0/s1. The maximum Gasteiger partial charge on any atom is 0.237 e. The smallest absolute Gasteiger partial charge is 0.237 e. The van der Waals surface area contributed by atoms with Crippen LogP contribution >= 0.6 is 0 Å².